The van der Waals surface area contributed by atoms with Crippen LogP contribution in [-0.4, -0.2) is 82.5 Å². The fourth-order valence-corrected chi connectivity index (χ4v) is 10.0. The fourth-order valence-electron chi connectivity index (χ4n) is 7.89. The highest BCUT2D eigenvalue weighted by Gasteiger charge is 2.62. The van der Waals surface area contributed by atoms with E-state index in [1.807, 2.05) is 12.2 Å². The number of carbonyl (C=O) groups is 4. The first-order valence-electron chi connectivity index (χ1n) is 19.1. The number of ether oxygens (including phenoxy) is 1. The zero-order valence-electron chi connectivity index (χ0n) is 30.7. The minimum absolute atomic E-state index is 0.0161. The quantitative estimate of drug-likeness (QED) is 0.274. The van der Waals surface area contributed by atoms with Crippen molar-refractivity contribution in [1.29, 1.82) is 0 Å². The van der Waals surface area contributed by atoms with Gasteiger partial charge < -0.3 is 20.3 Å². The SMILES string of the molecule is O=C1N[C@@]2(C(=O)NS(=O)(=O)C3CC3)C[C@@H]2/C=C\CCCCC[C@H](Nc2nc(-c3cccc(F)c3F)cs2)C(=O)N2C[C@H](OC(=O)N3Cc4cccc(F)c4C3)C[C@@H]12. The Kier molecular flexibility index (Phi) is 10.5. The number of aromatic nitrogens is 1. The van der Waals surface area contributed by atoms with Crippen LogP contribution in [-0.2, 0) is 42.2 Å². The first-order chi connectivity index (χ1) is 27.3. The summed E-state index contributed by atoms with van der Waals surface area (Å²) in [6, 6.07) is 6.17. The number of fused-ring (bicyclic) bond motifs is 3. The Labute approximate surface area is 331 Å². The number of anilines is 1. The summed E-state index contributed by atoms with van der Waals surface area (Å²) in [4.78, 5) is 63.2. The molecule has 13 nitrogen and oxygen atoms in total. The molecule has 302 valence electrons. The van der Waals surface area contributed by atoms with E-state index in [1.165, 1.54) is 33.4 Å². The Morgan fingerprint density at radius 2 is 1.79 bits per heavy atom. The third kappa shape index (κ3) is 7.97. The number of allylic oxidation sites excluding steroid dienone is 1. The number of carbonyl (C=O) groups excluding carboxylic acids is 4. The van der Waals surface area contributed by atoms with Gasteiger partial charge in [0.05, 0.1) is 24.0 Å². The van der Waals surface area contributed by atoms with Gasteiger partial charge in [-0.15, -0.1) is 11.3 Å². The number of nitrogens with zero attached hydrogens (tertiary/aromatic N) is 3. The van der Waals surface area contributed by atoms with Gasteiger partial charge in [0.2, 0.25) is 21.8 Å². The lowest BCUT2D eigenvalue weighted by Crippen LogP contribution is -2.57. The lowest BCUT2D eigenvalue weighted by atomic mass is 10.1. The van der Waals surface area contributed by atoms with Crippen molar-refractivity contribution >= 4 is 50.3 Å². The molecular weight excluding hydrogens is 786 g/mol. The standard InChI is InChI=1S/C39H41F3N6O7S2/c40-28-11-6-8-22-18-47(20-27(22)28)38(52)55-24-16-32-34(49)45-39(36(51)46-57(53,54)25-14-15-25)17-23(39)9-4-2-1-3-5-13-30(35(50)48(32)19-24)43-37-44-31(21-56-37)26-10-7-12-29(41)33(26)42/h4,6-12,21,23-25,30,32H,1-3,5,13-20H2,(H,43,44)(H,45,49)(H,46,51)/b9-4-/t23-,24+,30-,32-,39-/m0/s1. The van der Waals surface area contributed by atoms with Gasteiger partial charge in [-0.25, -0.2) is 31.4 Å². The van der Waals surface area contributed by atoms with Gasteiger partial charge in [-0.2, -0.15) is 0 Å². The van der Waals surface area contributed by atoms with Crippen molar-refractivity contribution in [2.24, 2.45) is 5.92 Å². The second kappa shape index (κ2) is 15.4. The number of amides is 4. The number of benzene rings is 2. The highest BCUT2D eigenvalue weighted by Crippen LogP contribution is 2.46. The van der Waals surface area contributed by atoms with E-state index >= 15 is 0 Å². The molecule has 8 rings (SSSR count). The molecule has 2 aliphatic carbocycles. The monoisotopic (exact) mass is 826 g/mol. The van der Waals surface area contributed by atoms with Crippen LogP contribution in [0.1, 0.15) is 68.9 Å². The molecule has 1 aromatic heterocycles. The molecule has 2 aromatic carbocycles. The number of halogens is 3. The molecule has 3 aliphatic heterocycles. The van der Waals surface area contributed by atoms with Gasteiger partial charge in [-0.1, -0.05) is 43.2 Å². The van der Waals surface area contributed by atoms with Crippen LogP contribution in [0, 0.1) is 23.4 Å². The van der Waals surface area contributed by atoms with Crippen LogP contribution >= 0.6 is 11.3 Å². The first kappa shape index (κ1) is 38.9. The highest BCUT2D eigenvalue weighted by molar-refractivity contribution is 7.91. The summed E-state index contributed by atoms with van der Waals surface area (Å²) in [7, 11) is -3.95. The van der Waals surface area contributed by atoms with E-state index in [4.69, 9.17) is 4.74 Å². The number of nitrogens with one attached hydrogen (secondary N) is 3. The van der Waals surface area contributed by atoms with Crippen LogP contribution in [0.2, 0.25) is 0 Å². The van der Waals surface area contributed by atoms with Crippen LogP contribution in [0.15, 0.2) is 53.9 Å². The number of hydrogen-bond donors (Lipinski definition) is 3. The molecule has 5 aliphatic rings. The predicted molar refractivity (Wildman–Crippen MR) is 202 cm³/mol. The fraction of sp³-hybridized carbons (Fsp3) is 0.462. The summed E-state index contributed by atoms with van der Waals surface area (Å²) >= 11 is 1.09. The summed E-state index contributed by atoms with van der Waals surface area (Å²) < 4.78 is 76.8. The van der Waals surface area contributed by atoms with Gasteiger partial charge in [-0.3, -0.25) is 24.0 Å². The van der Waals surface area contributed by atoms with Crippen LogP contribution in [0.25, 0.3) is 11.3 Å². The van der Waals surface area contributed by atoms with Crippen LogP contribution in [0.3, 0.4) is 0 Å². The molecule has 3 fully saturated rings. The molecular formula is C39H41F3N6O7S2. The second-order valence-corrected chi connectivity index (χ2v) is 18.1. The molecule has 5 atom stereocenters. The Balaban J connectivity index is 1.06. The lowest BCUT2D eigenvalue weighted by molar-refractivity contribution is -0.140. The minimum atomic E-state index is -3.95. The molecule has 18 heteroatoms. The summed E-state index contributed by atoms with van der Waals surface area (Å²) in [5.41, 5.74) is -0.447. The maximum Gasteiger partial charge on any atom is 0.410 e. The van der Waals surface area contributed by atoms with E-state index in [2.05, 4.69) is 20.3 Å². The van der Waals surface area contributed by atoms with E-state index in [9.17, 15) is 40.8 Å². The van der Waals surface area contributed by atoms with Crippen molar-refractivity contribution in [3.05, 3.63) is 82.5 Å². The van der Waals surface area contributed by atoms with Gasteiger partial charge >= 0.3 is 6.09 Å². The Morgan fingerprint density at radius 1 is 1.00 bits per heavy atom. The summed E-state index contributed by atoms with van der Waals surface area (Å²) in [5, 5.41) is 7.07. The average molecular weight is 827 g/mol. The second-order valence-electron chi connectivity index (χ2n) is 15.3. The number of hydrogen-bond acceptors (Lipinski definition) is 10. The summed E-state index contributed by atoms with van der Waals surface area (Å²) in [6.45, 7) is -0.0905. The van der Waals surface area contributed by atoms with E-state index < -0.39 is 86.2 Å². The van der Waals surface area contributed by atoms with Crippen molar-refractivity contribution in [3.8, 4) is 11.3 Å². The van der Waals surface area contributed by atoms with Crippen molar-refractivity contribution in [3.63, 3.8) is 0 Å². The molecule has 0 unspecified atom stereocenters. The molecule has 0 spiro atoms. The normalized spacial score (nSPS) is 26.9. The van der Waals surface area contributed by atoms with E-state index in [0.717, 1.165) is 30.2 Å². The highest BCUT2D eigenvalue weighted by atomic mass is 32.2. The Bertz CT molecular complexity index is 2250. The van der Waals surface area contributed by atoms with Crippen LogP contribution < -0.4 is 15.4 Å². The number of rotatable bonds is 7. The molecule has 57 heavy (non-hydrogen) atoms. The zero-order valence-corrected chi connectivity index (χ0v) is 32.4. The molecule has 0 bridgehead atoms. The summed E-state index contributed by atoms with van der Waals surface area (Å²) in [6.07, 6.45) is 5.91. The van der Waals surface area contributed by atoms with Crippen molar-refractivity contribution < 1.29 is 45.5 Å². The maximum atomic E-state index is 14.6. The van der Waals surface area contributed by atoms with E-state index in [-0.39, 0.29) is 48.9 Å². The van der Waals surface area contributed by atoms with Crippen molar-refractivity contribution in [1.82, 2.24) is 24.8 Å². The molecule has 1 saturated heterocycles. The smallest absolute Gasteiger partial charge is 0.410 e. The molecule has 2 saturated carbocycles. The lowest BCUT2D eigenvalue weighted by Gasteiger charge is -2.29. The van der Waals surface area contributed by atoms with Gasteiger partial charge in [0.25, 0.3) is 5.91 Å². The van der Waals surface area contributed by atoms with E-state index in [1.54, 1.807) is 12.1 Å². The van der Waals surface area contributed by atoms with Gasteiger partial charge in [0, 0.05) is 35.4 Å². The maximum absolute atomic E-state index is 14.6. The largest absolute Gasteiger partial charge is 0.444 e. The van der Waals surface area contributed by atoms with Crippen molar-refractivity contribution in [2.75, 3.05) is 11.9 Å². The molecule has 4 heterocycles. The molecule has 4 amide bonds. The Hall–Kier alpha value is -4.97. The Morgan fingerprint density at radius 3 is 2.58 bits per heavy atom. The predicted octanol–water partition coefficient (Wildman–Crippen LogP) is 5.13. The average Bonchev–Trinajstić information content (AvgIpc) is 3.98. The molecule has 3 aromatic rings. The number of thiazole rings is 1. The van der Waals surface area contributed by atoms with Gasteiger partial charge in [-0.05, 0) is 62.3 Å². The number of sulfonamides is 1. The first-order valence-corrected chi connectivity index (χ1v) is 21.5. The molecule has 3 N–H and O–H groups in total. The minimum Gasteiger partial charge on any atom is -0.444 e. The van der Waals surface area contributed by atoms with Gasteiger partial charge in [0.1, 0.15) is 29.5 Å². The van der Waals surface area contributed by atoms with Crippen LogP contribution in [0.4, 0.5) is 23.1 Å². The third-order valence-corrected chi connectivity index (χ3v) is 13.9. The van der Waals surface area contributed by atoms with Crippen LogP contribution in [0.5, 0.6) is 0 Å². The van der Waals surface area contributed by atoms with E-state index in [0.29, 0.717) is 43.2 Å². The summed E-state index contributed by atoms with van der Waals surface area (Å²) in [5.74, 6) is -5.12. The zero-order chi connectivity index (χ0) is 40.1. The van der Waals surface area contributed by atoms with Crippen molar-refractivity contribution in [2.45, 2.75) is 99.9 Å². The molecule has 0 radical (unpaired) electrons. The third-order valence-electron chi connectivity index (χ3n) is 11.3. The van der Waals surface area contributed by atoms with Gasteiger partial charge in [0.15, 0.2) is 16.8 Å². The topological polar surface area (TPSA) is 167 Å².